The minimum Gasteiger partial charge on any atom is -0.486 e. The van der Waals surface area contributed by atoms with E-state index in [1.807, 2.05) is 13.8 Å². The smallest absolute Gasteiger partial charge is 0.416 e. The monoisotopic (exact) mass is 515 g/mol. The molecular weight excluding hydrogens is 487 g/mol. The summed E-state index contributed by atoms with van der Waals surface area (Å²) in [5.74, 6) is -0.138. The highest BCUT2D eigenvalue weighted by atomic mass is 79.9. The molecule has 2 unspecified atom stereocenters. The molecule has 2 aliphatic heterocycles. The number of nitrogens with one attached hydrogen (secondary N) is 1. The Morgan fingerprint density at radius 3 is 2.56 bits per heavy atom. The van der Waals surface area contributed by atoms with Gasteiger partial charge in [-0.1, -0.05) is 43.6 Å². The summed E-state index contributed by atoms with van der Waals surface area (Å²) in [7, 11) is 0. The molecule has 2 fully saturated rings. The summed E-state index contributed by atoms with van der Waals surface area (Å²) in [4.78, 5) is 12.1. The molecule has 4 nitrogen and oxygen atoms in total. The fourth-order valence-electron chi connectivity index (χ4n) is 7.25. The van der Waals surface area contributed by atoms with Crippen LogP contribution in [0.1, 0.15) is 74.0 Å². The van der Waals surface area contributed by atoms with Gasteiger partial charge in [-0.2, -0.15) is 13.2 Å². The number of alkyl halides is 4. The highest BCUT2D eigenvalue weighted by Gasteiger charge is 2.69. The highest BCUT2D eigenvalue weighted by molar-refractivity contribution is 9.09. The van der Waals surface area contributed by atoms with E-state index < -0.39 is 40.2 Å². The number of fused-ring (bicyclic) bond motifs is 3. The third-order valence-corrected chi connectivity index (χ3v) is 10.1. The fraction of sp³-hybridized carbons (Fsp3) is 0.708. The van der Waals surface area contributed by atoms with Crippen molar-refractivity contribution < 1.29 is 27.8 Å². The highest BCUT2D eigenvalue weighted by Crippen LogP contribution is 2.67. The van der Waals surface area contributed by atoms with Gasteiger partial charge in [0.2, 0.25) is 0 Å². The lowest BCUT2D eigenvalue weighted by Crippen LogP contribution is -2.72. The summed E-state index contributed by atoms with van der Waals surface area (Å²) in [5.41, 5.74) is -1.77. The van der Waals surface area contributed by atoms with Gasteiger partial charge in [0.05, 0.1) is 11.7 Å². The lowest BCUT2D eigenvalue weighted by molar-refractivity contribution is -0.231. The number of halogens is 4. The van der Waals surface area contributed by atoms with Crippen LogP contribution in [0.5, 0.6) is 5.75 Å². The number of hydrogen-bond acceptors (Lipinski definition) is 3. The summed E-state index contributed by atoms with van der Waals surface area (Å²) in [5, 5.41) is 13.7. The van der Waals surface area contributed by atoms with E-state index in [0.29, 0.717) is 12.0 Å². The molecule has 0 bridgehead atoms. The van der Waals surface area contributed by atoms with E-state index in [4.69, 9.17) is 4.74 Å². The number of carbonyl (C=O) groups excluding carboxylic acids is 1. The zero-order chi connectivity index (χ0) is 23.4. The molecule has 32 heavy (non-hydrogen) atoms. The van der Waals surface area contributed by atoms with E-state index in [1.165, 1.54) is 0 Å². The topological polar surface area (TPSA) is 58.6 Å². The van der Waals surface area contributed by atoms with Crippen molar-refractivity contribution in [2.75, 3.05) is 0 Å². The first-order valence-corrected chi connectivity index (χ1v) is 12.2. The lowest BCUT2D eigenvalue weighted by atomic mass is 9.43. The first kappa shape index (κ1) is 22.5. The summed E-state index contributed by atoms with van der Waals surface area (Å²) in [6.45, 7) is 8.42. The molecule has 1 aromatic rings. The van der Waals surface area contributed by atoms with Crippen molar-refractivity contribution in [2.45, 2.75) is 82.6 Å². The summed E-state index contributed by atoms with van der Waals surface area (Å²) >= 11 is 3.67. The van der Waals surface area contributed by atoms with E-state index in [1.54, 1.807) is 0 Å². The van der Waals surface area contributed by atoms with Crippen LogP contribution in [0.25, 0.3) is 0 Å². The molecule has 1 amide bonds. The molecule has 2 saturated carbocycles. The molecule has 0 aromatic heterocycles. The lowest BCUT2D eigenvalue weighted by Gasteiger charge is -2.67. The quantitative estimate of drug-likeness (QED) is 0.465. The first-order valence-electron chi connectivity index (χ1n) is 11.3. The molecule has 2 aliphatic carbocycles. The van der Waals surface area contributed by atoms with Gasteiger partial charge >= 0.3 is 6.18 Å². The predicted molar refractivity (Wildman–Crippen MR) is 117 cm³/mol. The van der Waals surface area contributed by atoms with Crippen molar-refractivity contribution in [3.05, 3.63) is 28.3 Å². The van der Waals surface area contributed by atoms with Gasteiger partial charge in [0.1, 0.15) is 11.4 Å². The van der Waals surface area contributed by atoms with Gasteiger partial charge in [-0.05, 0) is 36.7 Å². The third kappa shape index (κ3) is 2.68. The Hall–Kier alpha value is -1.28. The number of rotatable bonds is 0. The Balaban J connectivity index is 1.79. The van der Waals surface area contributed by atoms with Gasteiger partial charge in [-0.3, -0.25) is 4.79 Å². The molecular formula is C24H29BrF3NO3. The second-order valence-electron chi connectivity index (χ2n) is 11.0. The van der Waals surface area contributed by atoms with E-state index in [0.717, 1.165) is 18.9 Å². The fourth-order valence-corrected chi connectivity index (χ4v) is 8.41. The molecule has 8 heteroatoms. The first-order chi connectivity index (χ1) is 14.7. The predicted octanol–water partition coefficient (Wildman–Crippen LogP) is 5.23. The number of amides is 1. The maximum absolute atomic E-state index is 14.2. The Kier molecular flexibility index (Phi) is 4.68. The molecule has 0 radical (unpaired) electrons. The average molecular weight is 516 g/mol. The minimum absolute atomic E-state index is 0.0246. The second-order valence-corrected chi connectivity index (χ2v) is 12.2. The molecule has 6 atom stereocenters. The Labute approximate surface area is 194 Å². The normalized spacial score (nSPS) is 39.8. The van der Waals surface area contributed by atoms with E-state index >= 15 is 0 Å². The van der Waals surface area contributed by atoms with Gasteiger partial charge in [-0.25, -0.2) is 0 Å². The van der Waals surface area contributed by atoms with Crippen molar-refractivity contribution >= 4 is 21.8 Å². The van der Waals surface area contributed by atoms with Crippen LogP contribution in [0.3, 0.4) is 0 Å². The number of hydrogen-bond donors (Lipinski definition) is 2. The Morgan fingerprint density at radius 1 is 1.22 bits per heavy atom. The van der Waals surface area contributed by atoms with E-state index in [-0.39, 0.29) is 46.5 Å². The van der Waals surface area contributed by atoms with Crippen LogP contribution in [0.2, 0.25) is 0 Å². The van der Waals surface area contributed by atoms with Gasteiger partial charge < -0.3 is 15.2 Å². The molecule has 176 valence electrons. The Bertz CT molecular complexity index is 1010. The number of ether oxygens (including phenoxy) is 1. The summed E-state index contributed by atoms with van der Waals surface area (Å²) in [6.07, 6.45) is -2.71. The number of aliphatic hydroxyl groups is 1. The maximum Gasteiger partial charge on any atom is 0.416 e. The zero-order valence-electron chi connectivity index (χ0n) is 18.7. The van der Waals surface area contributed by atoms with Crippen molar-refractivity contribution in [1.29, 1.82) is 0 Å². The molecule has 5 rings (SSSR count). The van der Waals surface area contributed by atoms with E-state index in [9.17, 15) is 23.1 Å². The summed E-state index contributed by atoms with van der Waals surface area (Å²) in [6, 6.07) is 1.01. The van der Waals surface area contributed by atoms with Crippen molar-refractivity contribution in [1.82, 2.24) is 5.32 Å². The second kappa shape index (κ2) is 6.65. The van der Waals surface area contributed by atoms with Crippen LogP contribution >= 0.6 is 15.9 Å². The standard InChI is InChI=1S/C24H29BrF3NO3/c1-11-5-6-17-21(2,3)19(30)16(25)9-23(17)22(11,4)8-13-15(24(26,27)28)7-12-14(18(13)32-23)10-29-20(12)31/h7,11,16-17,19,30H,5-6,8-10H2,1-4H3,(H,29,31)/t11-,16?,17-,19?,22+,23-/m0/s1. The van der Waals surface area contributed by atoms with Crippen LogP contribution in [-0.2, 0) is 19.1 Å². The molecule has 2 heterocycles. The van der Waals surface area contributed by atoms with Crippen LogP contribution in [0.4, 0.5) is 13.2 Å². The number of benzene rings is 1. The molecule has 4 aliphatic rings. The Morgan fingerprint density at radius 2 is 1.91 bits per heavy atom. The largest absolute Gasteiger partial charge is 0.486 e. The van der Waals surface area contributed by atoms with Gasteiger partial charge in [0.25, 0.3) is 5.91 Å². The van der Waals surface area contributed by atoms with Gasteiger partial charge in [0.15, 0.2) is 0 Å². The molecule has 1 aromatic carbocycles. The zero-order valence-corrected chi connectivity index (χ0v) is 20.3. The third-order valence-electron chi connectivity index (χ3n) is 9.30. The van der Waals surface area contributed by atoms with Crippen LogP contribution in [-0.4, -0.2) is 27.5 Å². The van der Waals surface area contributed by atoms with Crippen molar-refractivity contribution in [2.24, 2.45) is 22.7 Å². The SMILES string of the molecule is C[C@H]1CC[C@H]2C(C)(C)C(O)C(Br)C[C@]23Oc2c4c(cc(C(F)(F)F)c2C[C@]13C)C(=O)NC4. The van der Waals surface area contributed by atoms with Crippen LogP contribution in [0, 0.1) is 22.7 Å². The van der Waals surface area contributed by atoms with Gasteiger partial charge in [0, 0.05) is 45.8 Å². The summed E-state index contributed by atoms with van der Waals surface area (Å²) < 4.78 is 49.3. The number of aliphatic hydroxyl groups excluding tert-OH is 1. The van der Waals surface area contributed by atoms with Gasteiger partial charge in [-0.15, -0.1) is 0 Å². The average Bonchev–Trinajstić information content (AvgIpc) is 3.06. The number of carbonyl (C=O) groups is 1. The molecule has 1 spiro atoms. The van der Waals surface area contributed by atoms with E-state index in [2.05, 4.69) is 35.1 Å². The van der Waals surface area contributed by atoms with Crippen molar-refractivity contribution in [3.63, 3.8) is 0 Å². The van der Waals surface area contributed by atoms with Crippen LogP contribution in [0.15, 0.2) is 6.07 Å². The molecule has 0 saturated heterocycles. The van der Waals surface area contributed by atoms with Crippen molar-refractivity contribution in [3.8, 4) is 5.75 Å². The maximum atomic E-state index is 14.2. The minimum atomic E-state index is -4.58. The van der Waals surface area contributed by atoms with Crippen LogP contribution < -0.4 is 10.1 Å². The molecule has 2 N–H and O–H groups in total.